The van der Waals surface area contributed by atoms with Gasteiger partial charge in [0, 0.05) is 37.3 Å². The van der Waals surface area contributed by atoms with Crippen LogP contribution in [0.2, 0.25) is 0 Å². The Labute approximate surface area is 155 Å². The molecule has 0 aliphatic heterocycles. The van der Waals surface area contributed by atoms with Crippen molar-refractivity contribution < 1.29 is 9.72 Å². The molecule has 1 aromatic rings. The number of rotatable bonds is 7. The first-order valence-electron chi connectivity index (χ1n) is 9.24. The van der Waals surface area contributed by atoms with E-state index in [2.05, 4.69) is 11.8 Å². The van der Waals surface area contributed by atoms with Gasteiger partial charge in [-0.15, -0.1) is 0 Å². The van der Waals surface area contributed by atoms with Crippen LogP contribution in [0.5, 0.6) is 0 Å². The molecule has 0 saturated heterocycles. The van der Waals surface area contributed by atoms with Crippen LogP contribution in [0.15, 0.2) is 30.3 Å². The summed E-state index contributed by atoms with van der Waals surface area (Å²) in [5.74, 6) is 0.718. The normalized spacial score (nSPS) is 20.5. The molecule has 1 aromatic carbocycles. The van der Waals surface area contributed by atoms with Crippen LogP contribution in [0.4, 0.5) is 5.69 Å². The molecular formula is C20H29N3O3. The molecule has 1 amide bonds. The monoisotopic (exact) mass is 359 g/mol. The van der Waals surface area contributed by atoms with E-state index in [1.54, 1.807) is 24.3 Å². The minimum Gasteiger partial charge on any atom is -0.335 e. The van der Waals surface area contributed by atoms with Gasteiger partial charge in [0.1, 0.15) is 0 Å². The Hall–Kier alpha value is -2.21. The van der Waals surface area contributed by atoms with Gasteiger partial charge in [0.05, 0.1) is 4.92 Å². The Bertz CT molecular complexity index is 649. The lowest BCUT2D eigenvalue weighted by Crippen LogP contribution is -2.44. The number of nitro benzene ring substituents is 1. The molecule has 1 saturated carbocycles. The molecule has 1 aliphatic carbocycles. The second-order valence-corrected chi connectivity index (χ2v) is 7.43. The van der Waals surface area contributed by atoms with Crippen LogP contribution < -0.4 is 0 Å². The number of nitrogens with zero attached hydrogens (tertiary/aromatic N) is 3. The van der Waals surface area contributed by atoms with Crippen LogP contribution in [-0.4, -0.2) is 53.9 Å². The van der Waals surface area contributed by atoms with E-state index in [1.165, 1.54) is 12.1 Å². The lowest BCUT2D eigenvalue weighted by atomic mass is 9.86. The first kappa shape index (κ1) is 20.1. The highest BCUT2D eigenvalue weighted by molar-refractivity contribution is 5.92. The number of amides is 1. The fourth-order valence-electron chi connectivity index (χ4n) is 3.34. The maximum atomic E-state index is 12.8. The summed E-state index contributed by atoms with van der Waals surface area (Å²) in [6, 6.07) is 6.62. The molecule has 0 heterocycles. The molecule has 0 atom stereocenters. The molecule has 0 aromatic heterocycles. The summed E-state index contributed by atoms with van der Waals surface area (Å²) in [5.41, 5.74) is 0.697. The molecule has 1 fully saturated rings. The molecule has 0 N–H and O–H groups in total. The van der Waals surface area contributed by atoms with E-state index in [9.17, 15) is 14.9 Å². The molecule has 2 rings (SSSR count). The van der Waals surface area contributed by atoms with Crippen molar-refractivity contribution in [1.82, 2.24) is 9.80 Å². The van der Waals surface area contributed by atoms with Gasteiger partial charge in [0.15, 0.2) is 0 Å². The summed E-state index contributed by atoms with van der Waals surface area (Å²) in [6.07, 6.45) is 7.63. The third kappa shape index (κ3) is 5.95. The van der Waals surface area contributed by atoms with Crippen LogP contribution >= 0.6 is 0 Å². The number of likely N-dealkylation sites (N-methyl/N-ethyl adjacent to an activating group) is 1. The average molecular weight is 359 g/mol. The molecule has 0 radical (unpaired) electrons. The molecule has 142 valence electrons. The summed E-state index contributed by atoms with van der Waals surface area (Å²) in [5, 5.41) is 10.9. The Morgan fingerprint density at radius 2 is 1.92 bits per heavy atom. The van der Waals surface area contributed by atoms with Crippen LogP contribution in [0.25, 0.3) is 6.08 Å². The van der Waals surface area contributed by atoms with Gasteiger partial charge in [-0.05, 0) is 57.3 Å². The van der Waals surface area contributed by atoms with Crippen molar-refractivity contribution in [2.45, 2.75) is 38.6 Å². The first-order chi connectivity index (χ1) is 12.4. The predicted octanol–water partition coefficient (Wildman–Crippen LogP) is 3.58. The second kappa shape index (κ2) is 9.48. The highest BCUT2D eigenvalue weighted by atomic mass is 16.6. The SMILES string of the molecule is CN(C)CCN(C(=O)/C=C/c1cccc([N+](=O)[O-])c1)[C@H]1CC[C@H](C)CC1. The average Bonchev–Trinajstić information content (AvgIpc) is 2.61. The van der Waals surface area contributed by atoms with E-state index >= 15 is 0 Å². The maximum absolute atomic E-state index is 12.8. The van der Waals surface area contributed by atoms with E-state index < -0.39 is 4.92 Å². The van der Waals surface area contributed by atoms with Crippen molar-refractivity contribution in [3.8, 4) is 0 Å². The van der Waals surface area contributed by atoms with Gasteiger partial charge in [0.25, 0.3) is 5.69 Å². The predicted molar refractivity (Wildman–Crippen MR) is 104 cm³/mol. The molecule has 6 heteroatoms. The van der Waals surface area contributed by atoms with Gasteiger partial charge in [-0.25, -0.2) is 0 Å². The standard InChI is InChI=1S/C20H29N3O3/c1-16-7-10-18(11-8-16)22(14-13-21(2)3)20(24)12-9-17-5-4-6-19(15-17)23(25)26/h4-6,9,12,15-16,18H,7-8,10-11,13-14H2,1-3H3/b12-9+/t16-,18-. The van der Waals surface area contributed by atoms with Gasteiger partial charge in [-0.1, -0.05) is 19.1 Å². The van der Waals surface area contributed by atoms with E-state index in [1.807, 2.05) is 19.0 Å². The third-order valence-corrected chi connectivity index (χ3v) is 5.00. The van der Waals surface area contributed by atoms with Crippen molar-refractivity contribution in [3.05, 3.63) is 46.0 Å². The fourth-order valence-corrected chi connectivity index (χ4v) is 3.34. The zero-order valence-corrected chi connectivity index (χ0v) is 15.9. The highest BCUT2D eigenvalue weighted by Gasteiger charge is 2.26. The van der Waals surface area contributed by atoms with E-state index in [0.717, 1.165) is 38.1 Å². The maximum Gasteiger partial charge on any atom is 0.270 e. The van der Waals surface area contributed by atoms with Gasteiger partial charge in [-0.2, -0.15) is 0 Å². The van der Waals surface area contributed by atoms with Crippen LogP contribution in [0, 0.1) is 16.0 Å². The van der Waals surface area contributed by atoms with Crippen LogP contribution in [0.3, 0.4) is 0 Å². The van der Waals surface area contributed by atoms with Crippen molar-refractivity contribution in [2.24, 2.45) is 5.92 Å². The van der Waals surface area contributed by atoms with Gasteiger partial charge in [-0.3, -0.25) is 14.9 Å². The van der Waals surface area contributed by atoms with Crippen molar-refractivity contribution in [3.63, 3.8) is 0 Å². The quantitative estimate of drug-likeness (QED) is 0.424. The fraction of sp³-hybridized carbons (Fsp3) is 0.550. The summed E-state index contributed by atoms with van der Waals surface area (Å²) >= 11 is 0. The first-order valence-corrected chi connectivity index (χ1v) is 9.24. The highest BCUT2D eigenvalue weighted by Crippen LogP contribution is 2.27. The van der Waals surface area contributed by atoms with E-state index in [-0.39, 0.29) is 17.6 Å². The Kier molecular flexibility index (Phi) is 7.33. The minimum atomic E-state index is -0.425. The van der Waals surface area contributed by atoms with Gasteiger partial charge in [0.2, 0.25) is 5.91 Å². The van der Waals surface area contributed by atoms with Crippen molar-refractivity contribution in [2.75, 3.05) is 27.2 Å². The largest absolute Gasteiger partial charge is 0.335 e. The Balaban J connectivity index is 2.09. The molecule has 0 unspecified atom stereocenters. The third-order valence-electron chi connectivity index (χ3n) is 5.00. The minimum absolute atomic E-state index is 0.0158. The summed E-state index contributed by atoms with van der Waals surface area (Å²) < 4.78 is 0. The second-order valence-electron chi connectivity index (χ2n) is 7.43. The van der Waals surface area contributed by atoms with E-state index in [0.29, 0.717) is 12.1 Å². The molecule has 0 spiro atoms. The lowest BCUT2D eigenvalue weighted by Gasteiger charge is -2.36. The van der Waals surface area contributed by atoms with Crippen LogP contribution in [-0.2, 0) is 4.79 Å². The summed E-state index contributed by atoms with van der Waals surface area (Å²) in [4.78, 5) is 27.3. The smallest absolute Gasteiger partial charge is 0.270 e. The molecule has 1 aliphatic rings. The Morgan fingerprint density at radius 3 is 2.54 bits per heavy atom. The van der Waals surface area contributed by atoms with Crippen LogP contribution in [0.1, 0.15) is 38.2 Å². The Morgan fingerprint density at radius 1 is 1.23 bits per heavy atom. The molecule has 26 heavy (non-hydrogen) atoms. The van der Waals surface area contributed by atoms with E-state index in [4.69, 9.17) is 0 Å². The topological polar surface area (TPSA) is 66.7 Å². The number of nitro groups is 1. The van der Waals surface area contributed by atoms with Crippen molar-refractivity contribution >= 4 is 17.7 Å². The summed E-state index contributed by atoms with van der Waals surface area (Å²) in [6.45, 7) is 3.79. The molecular weight excluding hydrogens is 330 g/mol. The van der Waals surface area contributed by atoms with Crippen molar-refractivity contribution in [1.29, 1.82) is 0 Å². The van der Waals surface area contributed by atoms with Gasteiger partial charge >= 0.3 is 0 Å². The number of non-ortho nitro benzene ring substituents is 1. The molecule has 6 nitrogen and oxygen atoms in total. The molecule has 0 bridgehead atoms. The number of carbonyl (C=O) groups is 1. The number of hydrogen-bond donors (Lipinski definition) is 0. The number of carbonyl (C=O) groups excluding carboxylic acids is 1. The van der Waals surface area contributed by atoms with Gasteiger partial charge < -0.3 is 9.80 Å². The number of hydrogen-bond acceptors (Lipinski definition) is 4. The zero-order chi connectivity index (χ0) is 19.1. The number of benzene rings is 1. The lowest BCUT2D eigenvalue weighted by molar-refractivity contribution is -0.384. The zero-order valence-electron chi connectivity index (χ0n) is 15.9. The summed E-state index contributed by atoms with van der Waals surface area (Å²) in [7, 11) is 4.01.